The lowest BCUT2D eigenvalue weighted by Crippen LogP contribution is -2.17. The molecule has 0 spiro atoms. The molecule has 1 atom stereocenters. The molecular formula is C15H14N4O2. The van der Waals surface area contributed by atoms with Crippen LogP contribution in [0.5, 0.6) is 0 Å². The zero-order chi connectivity index (χ0) is 14.8. The molecule has 0 aliphatic rings. The Kier molecular flexibility index (Phi) is 3.35. The second kappa shape index (κ2) is 5.32. The number of carboxylic acids is 1. The summed E-state index contributed by atoms with van der Waals surface area (Å²) in [7, 11) is 0. The number of aromatic nitrogens is 4. The predicted octanol–water partition coefficient (Wildman–Crippen LogP) is 1.84. The maximum absolute atomic E-state index is 11.7. The third kappa shape index (κ3) is 2.47. The molecule has 2 aromatic heterocycles. The first-order valence-corrected chi connectivity index (χ1v) is 6.60. The van der Waals surface area contributed by atoms with Gasteiger partial charge in [0.1, 0.15) is 17.4 Å². The standard InChI is InChI=1S/C15H14N4O2/c1-10-17-18-14-13(16-7-8-19(10)14)12(15(20)21)9-11-5-3-2-4-6-11/h2-8,12H,9H2,1H3,(H,20,21). The Hall–Kier alpha value is -2.76. The molecule has 106 valence electrons. The summed E-state index contributed by atoms with van der Waals surface area (Å²) in [5, 5.41) is 17.6. The van der Waals surface area contributed by atoms with E-state index in [4.69, 9.17) is 0 Å². The second-order valence-electron chi connectivity index (χ2n) is 4.83. The predicted molar refractivity (Wildman–Crippen MR) is 76.0 cm³/mol. The van der Waals surface area contributed by atoms with Gasteiger partial charge in [0.2, 0.25) is 0 Å². The Morgan fingerprint density at radius 1 is 1.29 bits per heavy atom. The highest BCUT2D eigenvalue weighted by atomic mass is 16.4. The maximum Gasteiger partial charge on any atom is 0.313 e. The summed E-state index contributed by atoms with van der Waals surface area (Å²) in [5.41, 5.74) is 1.89. The normalized spacial score (nSPS) is 12.4. The fourth-order valence-electron chi connectivity index (χ4n) is 2.36. The first kappa shape index (κ1) is 13.2. The Labute approximate surface area is 121 Å². The molecule has 3 aromatic rings. The lowest BCUT2D eigenvalue weighted by Gasteiger charge is -2.12. The first-order chi connectivity index (χ1) is 10.2. The van der Waals surface area contributed by atoms with Crippen LogP contribution in [0.2, 0.25) is 0 Å². The SMILES string of the molecule is Cc1nnc2c(C(Cc3ccccc3)C(=O)O)nccn12. The summed E-state index contributed by atoms with van der Waals surface area (Å²) < 4.78 is 1.75. The second-order valence-corrected chi connectivity index (χ2v) is 4.83. The van der Waals surface area contributed by atoms with E-state index in [0.29, 0.717) is 23.6 Å². The van der Waals surface area contributed by atoms with Gasteiger partial charge in [0, 0.05) is 12.4 Å². The van der Waals surface area contributed by atoms with Gasteiger partial charge in [-0.15, -0.1) is 10.2 Å². The molecular weight excluding hydrogens is 268 g/mol. The van der Waals surface area contributed by atoms with Crippen molar-refractivity contribution in [2.45, 2.75) is 19.3 Å². The zero-order valence-corrected chi connectivity index (χ0v) is 11.5. The van der Waals surface area contributed by atoms with Crippen LogP contribution in [0.15, 0.2) is 42.7 Å². The molecule has 0 radical (unpaired) electrons. The molecule has 0 amide bonds. The van der Waals surface area contributed by atoms with E-state index in [1.54, 1.807) is 16.8 Å². The zero-order valence-electron chi connectivity index (χ0n) is 11.5. The van der Waals surface area contributed by atoms with Crippen molar-refractivity contribution < 1.29 is 9.90 Å². The van der Waals surface area contributed by atoms with E-state index < -0.39 is 11.9 Å². The minimum absolute atomic E-state index is 0.370. The molecule has 0 aliphatic heterocycles. The highest BCUT2D eigenvalue weighted by Gasteiger charge is 2.25. The van der Waals surface area contributed by atoms with Gasteiger partial charge >= 0.3 is 5.97 Å². The fraction of sp³-hybridized carbons (Fsp3) is 0.200. The minimum Gasteiger partial charge on any atom is -0.481 e. The summed E-state index contributed by atoms with van der Waals surface area (Å²) in [6, 6.07) is 9.50. The van der Waals surface area contributed by atoms with Crippen LogP contribution < -0.4 is 0 Å². The van der Waals surface area contributed by atoms with Gasteiger partial charge in [0.05, 0.1) is 0 Å². The minimum atomic E-state index is -0.917. The Morgan fingerprint density at radius 2 is 2.05 bits per heavy atom. The van der Waals surface area contributed by atoms with Gasteiger partial charge in [-0.2, -0.15) is 0 Å². The van der Waals surface area contributed by atoms with Gasteiger partial charge in [-0.3, -0.25) is 14.2 Å². The number of fused-ring (bicyclic) bond motifs is 1. The summed E-state index contributed by atoms with van der Waals surface area (Å²) in [6.07, 6.45) is 3.68. The largest absolute Gasteiger partial charge is 0.481 e. The van der Waals surface area contributed by atoms with Crippen molar-refractivity contribution in [3.8, 4) is 0 Å². The highest BCUT2D eigenvalue weighted by molar-refractivity contribution is 5.78. The van der Waals surface area contributed by atoms with Crippen molar-refractivity contribution >= 4 is 11.6 Å². The number of hydrogen-bond acceptors (Lipinski definition) is 4. The molecule has 0 saturated heterocycles. The molecule has 21 heavy (non-hydrogen) atoms. The molecule has 6 nitrogen and oxygen atoms in total. The van der Waals surface area contributed by atoms with Crippen LogP contribution in [0.4, 0.5) is 0 Å². The van der Waals surface area contributed by atoms with Crippen LogP contribution >= 0.6 is 0 Å². The van der Waals surface area contributed by atoms with Crippen molar-refractivity contribution in [2.75, 3.05) is 0 Å². The van der Waals surface area contributed by atoms with Crippen molar-refractivity contribution in [1.29, 1.82) is 0 Å². The molecule has 0 saturated carbocycles. The number of aliphatic carboxylic acids is 1. The molecule has 1 unspecified atom stereocenters. The summed E-state index contributed by atoms with van der Waals surface area (Å²) in [6.45, 7) is 1.82. The third-order valence-electron chi connectivity index (χ3n) is 3.44. The van der Waals surface area contributed by atoms with E-state index in [9.17, 15) is 9.90 Å². The van der Waals surface area contributed by atoms with Crippen molar-refractivity contribution in [2.24, 2.45) is 0 Å². The van der Waals surface area contributed by atoms with E-state index in [1.807, 2.05) is 37.3 Å². The smallest absolute Gasteiger partial charge is 0.313 e. The molecule has 0 bridgehead atoms. The van der Waals surface area contributed by atoms with E-state index in [1.165, 1.54) is 0 Å². The number of aryl methyl sites for hydroxylation is 1. The Morgan fingerprint density at radius 3 is 2.76 bits per heavy atom. The summed E-state index contributed by atoms with van der Waals surface area (Å²) >= 11 is 0. The van der Waals surface area contributed by atoms with Crippen molar-refractivity contribution in [3.63, 3.8) is 0 Å². The van der Waals surface area contributed by atoms with E-state index in [0.717, 1.165) is 5.56 Å². The lowest BCUT2D eigenvalue weighted by atomic mass is 9.96. The van der Waals surface area contributed by atoms with Gasteiger partial charge in [0.25, 0.3) is 0 Å². The molecule has 2 heterocycles. The van der Waals surface area contributed by atoms with Crippen LogP contribution in [-0.4, -0.2) is 30.7 Å². The van der Waals surface area contributed by atoms with Crippen molar-refractivity contribution in [1.82, 2.24) is 19.6 Å². The van der Waals surface area contributed by atoms with Crippen molar-refractivity contribution in [3.05, 3.63) is 59.8 Å². The first-order valence-electron chi connectivity index (χ1n) is 6.60. The van der Waals surface area contributed by atoms with Crippen LogP contribution in [0.1, 0.15) is 23.0 Å². The van der Waals surface area contributed by atoms with Gasteiger partial charge in [-0.1, -0.05) is 30.3 Å². The number of hydrogen-bond donors (Lipinski definition) is 1. The molecule has 0 fully saturated rings. The molecule has 3 rings (SSSR count). The van der Waals surface area contributed by atoms with Crippen LogP contribution in [-0.2, 0) is 11.2 Å². The molecule has 0 aliphatic carbocycles. The molecule has 6 heteroatoms. The van der Waals surface area contributed by atoms with Gasteiger partial charge in [-0.05, 0) is 18.9 Å². The average Bonchev–Trinajstić information content (AvgIpc) is 2.87. The fourth-order valence-corrected chi connectivity index (χ4v) is 2.36. The van der Waals surface area contributed by atoms with Crippen LogP contribution in [0, 0.1) is 6.92 Å². The van der Waals surface area contributed by atoms with Crippen LogP contribution in [0.25, 0.3) is 5.65 Å². The number of carboxylic acid groups (broad SMARTS) is 1. The average molecular weight is 282 g/mol. The summed E-state index contributed by atoms with van der Waals surface area (Å²) in [5.74, 6) is -0.961. The van der Waals surface area contributed by atoms with E-state index in [2.05, 4.69) is 15.2 Å². The maximum atomic E-state index is 11.7. The molecule has 1 N–H and O–H groups in total. The number of benzene rings is 1. The Balaban J connectivity index is 2.06. The van der Waals surface area contributed by atoms with Gasteiger partial charge in [-0.25, -0.2) is 0 Å². The van der Waals surface area contributed by atoms with Gasteiger partial charge < -0.3 is 5.11 Å². The number of carbonyl (C=O) groups is 1. The number of rotatable bonds is 4. The quantitative estimate of drug-likeness (QED) is 0.789. The van der Waals surface area contributed by atoms with E-state index in [-0.39, 0.29) is 0 Å². The molecule has 1 aromatic carbocycles. The number of nitrogens with zero attached hydrogens (tertiary/aromatic N) is 4. The third-order valence-corrected chi connectivity index (χ3v) is 3.44. The van der Waals surface area contributed by atoms with E-state index >= 15 is 0 Å². The lowest BCUT2D eigenvalue weighted by molar-refractivity contribution is -0.138. The Bertz CT molecular complexity index is 783. The topological polar surface area (TPSA) is 80.4 Å². The monoisotopic (exact) mass is 282 g/mol. The van der Waals surface area contributed by atoms with Gasteiger partial charge in [0.15, 0.2) is 5.65 Å². The van der Waals surface area contributed by atoms with Crippen LogP contribution in [0.3, 0.4) is 0 Å². The highest BCUT2D eigenvalue weighted by Crippen LogP contribution is 2.23. The summed E-state index contributed by atoms with van der Waals surface area (Å²) in [4.78, 5) is 15.9.